The summed E-state index contributed by atoms with van der Waals surface area (Å²) in [4.78, 5) is 0. The predicted octanol–water partition coefficient (Wildman–Crippen LogP) is 4.73. The van der Waals surface area contributed by atoms with Crippen molar-refractivity contribution in [2.75, 3.05) is 6.54 Å². The van der Waals surface area contributed by atoms with E-state index in [1.807, 2.05) is 6.07 Å². The summed E-state index contributed by atoms with van der Waals surface area (Å²) in [5.41, 5.74) is 4.90. The van der Waals surface area contributed by atoms with Crippen molar-refractivity contribution in [3.05, 3.63) is 70.5 Å². The van der Waals surface area contributed by atoms with Gasteiger partial charge in [0.05, 0.1) is 0 Å². The number of hydrogen-bond donors (Lipinski definition) is 1. The van der Waals surface area contributed by atoms with E-state index in [-0.39, 0.29) is 11.9 Å². The van der Waals surface area contributed by atoms with E-state index in [0.717, 1.165) is 24.9 Å². The molecule has 21 heavy (non-hydrogen) atoms. The summed E-state index contributed by atoms with van der Waals surface area (Å²) in [6.45, 7) is 7.38. The summed E-state index contributed by atoms with van der Waals surface area (Å²) in [6, 6.07) is 13.7. The number of halogens is 1. The number of rotatable bonds is 6. The molecule has 0 saturated carbocycles. The van der Waals surface area contributed by atoms with Crippen molar-refractivity contribution >= 4 is 0 Å². The van der Waals surface area contributed by atoms with Crippen LogP contribution >= 0.6 is 0 Å². The highest BCUT2D eigenvalue weighted by atomic mass is 19.1. The Morgan fingerprint density at radius 2 is 1.90 bits per heavy atom. The molecule has 1 nitrogen and oxygen atoms in total. The lowest BCUT2D eigenvalue weighted by molar-refractivity contribution is 0.525. The molecule has 112 valence electrons. The third-order valence-electron chi connectivity index (χ3n) is 3.77. The average molecular weight is 285 g/mol. The molecule has 1 N–H and O–H groups in total. The lowest BCUT2D eigenvalue weighted by atomic mass is 9.94. The van der Waals surface area contributed by atoms with E-state index in [4.69, 9.17) is 0 Å². The van der Waals surface area contributed by atoms with Gasteiger partial charge in [-0.25, -0.2) is 4.39 Å². The predicted molar refractivity (Wildman–Crippen MR) is 87.1 cm³/mol. The minimum Gasteiger partial charge on any atom is -0.310 e. The molecule has 0 saturated heterocycles. The van der Waals surface area contributed by atoms with Gasteiger partial charge in [-0.2, -0.15) is 0 Å². The van der Waals surface area contributed by atoms with Gasteiger partial charge in [0.25, 0.3) is 0 Å². The highest BCUT2D eigenvalue weighted by Crippen LogP contribution is 2.23. The van der Waals surface area contributed by atoms with Crippen LogP contribution < -0.4 is 5.32 Å². The Labute approximate surface area is 127 Å². The molecular weight excluding hydrogens is 261 g/mol. The van der Waals surface area contributed by atoms with E-state index in [1.54, 1.807) is 12.1 Å². The number of nitrogens with one attached hydrogen (secondary N) is 1. The standard InChI is InChI=1S/C19H24FN/c1-4-10-21-19(13-16-6-5-7-17(20)12-16)18-9-8-14(2)11-15(18)3/h5-9,11-12,19,21H,4,10,13H2,1-3H3. The molecular formula is C19H24FN. The van der Waals surface area contributed by atoms with Crippen LogP contribution in [0, 0.1) is 19.7 Å². The Bertz CT molecular complexity index is 592. The molecule has 0 fully saturated rings. The van der Waals surface area contributed by atoms with Crippen molar-refractivity contribution in [1.29, 1.82) is 0 Å². The second kappa shape index (κ2) is 7.37. The van der Waals surface area contributed by atoms with Gasteiger partial charge in [-0.3, -0.25) is 0 Å². The number of hydrogen-bond acceptors (Lipinski definition) is 1. The van der Waals surface area contributed by atoms with Gasteiger partial charge in [-0.1, -0.05) is 42.8 Å². The summed E-state index contributed by atoms with van der Waals surface area (Å²) < 4.78 is 13.4. The fourth-order valence-electron chi connectivity index (χ4n) is 2.73. The van der Waals surface area contributed by atoms with Crippen LogP contribution in [0.1, 0.15) is 41.6 Å². The monoisotopic (exact) mass is 285 g/mol. The SMILES string of the molecule is CCCNC(Cc1cccc(F)c1)c1ccc(C)cc1C. The largest absolute Gasteiger partial charge is 0.310 e. The highest BCUT2D eigenvalue weighted by molar-refractivity contribution is 5.34. The second-order valence-electron chi connectivity index (χ2n) is 5.70. The molecule has 0 aromatic heterocycles. The Morgan fingerprint density at radius 3 is 2.57 bits per heavy atom. The van der Waals surface area contributed by atoms with E-state index < -0.39 is 0 Å². The van der Waals surface area contributed by atoms with Crippen molar-refractivity contribution in [3.63, 3.8) is 0 Å². The topological polar surface area (TPSA) is 12.0 Å². The molecule has 2 rings (SSSR count). The molecule has 0 amide bonds. The van der Waals surface area contributed by atoms with E-state index in [1.165, 1.54) is 22.8 Å². The third-order valence-corrected chi connectivity index (χ3v) is 3.77. The Hall–Kier alpha value is -1.67. The van der Waals surface area contributed by atoms with E-state index >= 15 is 0 Å². The Morgan fingerprint density at radius 1 is 1.10 bits per heavy atom. The molecule has 0 bridgehead atoms. The van der Waals surface area contributed by atoms with Gasteiger partial charge in [0.15, 0.2) is 0 Å². The van der Waals surface area contributed by atoms with E-state index in [0.29, 0.717) is 0 Å². The smallest absolute Gasteiger partial charge is 0.123 e. The summed E-state index contributed by atoms with van der Waals surface area (Å²) in [5.74, 6) is -0.164. The zero-order valence-electron chi connectivity index (χ0n) is 13.1. The molecule has 0 radical (unpaired) electrons. The van der Waals surface area contributed by atoms with Gasteiger partial charge in [0, 0.05) is 6.04 Å². The van der Waals surface area contributed by atoms with Crippen LogP contribution in [0.15, 0.2) is 42.5 Å². The van der Waals surface area contributed by atoms with Gasteiger partial charge in [-0.05, 0) is 62.1 Å². The molecule has 0 aliphatic rings. The van der Waals surface area contributed by atoms with Crippen LogP contribution in [0.3, 0.4) is 0 Å². The van der Waals surface area contributed by atoms with Crippen molar-refractivity contribution in [2.45, 2.75) is 39.7 Å². The summed E-state index contributed by atoms with van der Waals surface area (Å²) in [6.07, 6.45) is 1.90. The van der Waals surface area contributed by atoms with Crippen LogP contribution in [0.4, 0.5) is 4.39 Å². The van der Waals surface area contributed by atoms with Crippen molar-refractivity contribution in [3.8, 4) is 0 Å². The Kier molecular flexibility index (Phi) is 5.51. The first kappa shape index (κ1) is 15.7. The first-order valence-corrected chi connectivity index (χ1v) is 7.65. The zero-order chi connectivity index (χ0) is 15.2. The minimum absolute atomic E-state index is 0.164. The zero-order valence-corrected chi connectivity index (χ0v) is 13.1. The van der Waals surface area contributed by atoms with Crippen LogP contribution in [0.25, 0.3) is 0 Å². The average Bonchev–Trinajstić information content (AvgIpc) is 2.44. The number of benzene rings is 2. The van der Waals surface area contributed by atoms with Gasteiger partial charge >= 0.3 is 0 Å². The third kappa shape index (κ3) is 4.40. The maximum absolute atomic E-state index is 13.4. The highest BCUT2D eigenvalue weighted by Gasteiger charge is 2.14. The normalized spacial score (nSPS) is 12.4. The quantitative estimate of drug-likeness (QED) is 0.809. The van der Waals surface area contributed by atoms with Gasteiger partial charge < -0.3 is 5.32 Å². The molecule has 1 atom stereocenters. The van der Waals surface area contributed by atoms with Gasteiger partial charge in [0.2, 0.25) is 0 Å². The lowest BCUT2D eigenvalue weighted by Crippen LogP contribution is -2.25. The van der Waals surface area contributed by atoms with E-state index in [2.05, 4.69) is 44.3 Å². The molecule has 0 heterocycles. The van der Waals surface area contributed by atoms with Gasteiger partial charge in [-0.15, -0.1) is 0 Å². The molecule has 2 aromatic carbocycles. The maximum atomic E-state index is 13.4. The minimum atomic E-state index is -0.164. The van der Waals surface area contributed by atoms with Crippen molar-refractivity contribution in [1.82, 2.24) is 5.32 Å². The summed E-state index contributed by atoms with van der Waals surface area (Å²) >= 11 is 0. The molecule has 0 aliphatic carbocycles. The second-order valence-corrected chi connectivity index (χ2v) is 5.70. The fourth-order valence-corrected chi connectivity index (χ4v) is 2.73. The molecule has 2 aromatic rings. The van der Waals surface area contributed by atoms with Gasteiger partial charge in [0.1, 0.15) is 5.82 Å². The first-order chi connectivity index (χ1) is 10.1. The number of aryl methyl sites for hydroxylation is 2. The van der Waals surface area contributed by atoms with Crippen molar-refractivity contribution < 1.29 is 4.39 Å². The molecule has 0 aliphatic heterocycles. The van der Waals surface area contributed by atoms with Crippen LogP contribution in [0.5, 0.6) is 0 Å². The van der Waals surface area contributed by atoms with Crippen LogP contribution in [-0.2, 0) is 6.42 Å². The molecule has 2 heteroatoms. The van der Waals surface area contributed by atoms with E-state index in [9.17, 15) is 4.39 Å². The molecule has 1 unspecified atom stereocenters. The molecule has 0 spiro atoms. The van der Waals surface area contributed by atoms with Crippen molar-refractivity contribution in [2.24, 2.45) is 0 Å². The summed E-state index contributed by atoms with van der Waals surface area (Å²) in [5, 5.41) is 3.59. The first-order valence-electron chi connectivity index (χ1n) is 7.65. The lowest BCUT2D eigenvalue weighted by Gasteiger charge is -2.21. The Balaban J connectivity index is 2.25. The van der Waals surface area contributed by atoms with Crippen LogP contribution in [-0.4, -0.2) is 6.54 Å². The van der Waals surface area contributed by atoms with Crippen LogP contribution in [0.2, 0.25) is 0 Å². The maximum Gasteiger partial charge on any atom is 0.123 e. The summed E-state index contributed by atoms with van der Waals surface area (Å²) in [7, 11) is 0. The fraction of sp³-hybridized carbons (Fsp3) is 0.368.